The maximum atomic E-state index is 5.71. The summed E-state index contributed by atoms with van der Waals surface area (Å²) in [6, 6.07) is 8.71. The summed E-state index contributed by atoms with van der Waals surface area (Å²) in [5, 5.41) is 3.47. The minimum atomic E-state index is 0. The van der Waals surface area contributed by atoms with Crippen molar-refractivity contribution >= 4 is 29.9 Å². The number of hydrogen-bond acceptors (Lipinski definition) is 2. The number of likely N-dealkylation sites (N-methyl/N-ethyl adjacent to an activating group) is 1. The molecular formula is C19H32IN3O. The highest BCUT2D eigenvalue weighted by atomic mass is 127. The second-order valence-electron chi connectivity index (χ2n) is 6.68. The molecule has 1 atom stereocenters. The van der Waals surface area contributed by atoms with Crippen LogP contribution < -0.4 is 5.32 Å². The summed E-state index contributed by atoms with van der Waals surface area (Å²) < 4.78 is 5.71. The zero-order valence-corrected chi connectivity index (χ0v) is 17.7. The molecule has 1 aromatic carbocycles. The van der Waals surface area contributed by atoms with Gasteiger partial charge in [-0.1, -0.05) is 36.8 Å². The van der Waals surface area contributed by atoms with Crippen molar-refractivity contribution in [2.24, 2.45) is 10.9 Å². The van der Waals surface area contributed by atoms with Crippen LogP contribution in [0.2, 0.25) is 0 Å². The number of nitrogens with one attached hydrogen (secondary N) is 1. The van der Waals surface area contributed by atoms with Gasteiger partial charge in [0.15, 0.2) is 5.96 Å². The van der Waals surface area contributed by atoms with E-state index in [1.165, 1.54) is 24.0 Å². The van der Waals surface area contributed by atoms with Crippen LogP contribution in [-0.4, -0.2) is 51.3 Å². The van der Waals surface area contributed by atoms with Crippen LogP contribution in [0, 0.1) is 12.8 Å². The first kappa shape index (κ1) is 21.2. The van der Waals surface area contributed by atoms with E-state index in [4.69, 9.17) is 4.74 Å². The molecule has 24 heavy (non-hydrogen) atoms. The van der Waals surface area contributed by atoms with Gasteiger partial charge in [-0.25, -0.2) is 0 Å². The third kappa shape index (κ3) is 7.38. The monoisotopic (exact) mass is 445 g/mol. The van der Waals surface area contributed by atoms with Gasteiger partial charge in [-0.05, 0) is 37.2 Å². The average molecular weight is 445 g/mol. The van der Waals surface area contributed by atoms with Gasteiger partial charge in [0.2, 0.25) is 0 Å². The maximum Gasteiger partial charge on any atom is 0.193 e. The van der Waals surface area contributed by atoms with Gasteiger partial charge < -0.3 is 15.0 Å². The molecular weight excluding hydrogens is 413 g/mol. The van der Waals surface area contributed by atoms with Crippen molar-refractivity contribution in [2.45, 2.75) is 32.6 Å². The molecule has 1 aliphatic rings. The molecule has 4 nitrogen and oxygen atoms in total. The Labute approximate surface area is 164 Å². The first-order valence-corrected chi connectivity index (χ1v) is 8.66. The molecule has 0 aliphatic heterocycles. The number of aryl methyl sites for hydroxylation is 1. The first-order valence-electron chi connectivity index (χ1n) is 8.66. The summed E-state index contributed by atoms with van der Waals surface area (Å²) >= 11 is 0. The fourth-order valence-corrected chi connectivity index (χ4v) is 2.57. The molecule has 0 bridgehead atoms. The van der Waals surface area contributed by atoms with Gasteiger partial charge in [0.05, 0.1) is 6.61 Å². The van der Waals surface area contributed by atoms with Crippen LogP contribution >= 0.6 is 24.0 Å². The molecule has 1 unspecified atom stereocenters. The number of nitrogens with zero attached hydrogens (tertiary/aromatic N) is 2. The molecule has 5 heteroatoms. The molecule has 0 saturated heterocycles. The Kier molecular flexibility index (Phi) is 9.66. The quantitative estimate of drug-likeness (QED) is 0.287. The molecule has 1 fully saturated rings. The minimum absolute atomic E-state index is 0. The van der Waals surface area contributed by atoms with Crippen molar-refractivity contribution in [3.05, 3.63) is 35.4 Å². The van der Waals surface area contributed by atoms with E-state index in [2.05, 4.69) is 60.4 Å². The lowest BCUT2D eigenvalue weighted by atomic mass is 9.99. The van der Waals surface area contributed by atoms with Crippen LogP contribution in [0.15, 0.2) is 29.3 Å². The second kappa shape index (κ2) is 10.9. The summed E-state index contributed by atoms with van der Waals surface area (Å²) in [5.41, 5.74) is 2.67. The van der Waals surface area contributed by atoms with E-state index in [-0.39, 0.29) is 24.0 Å². The van der Waals surface area contributed by atoms with E-state index >= 15 is 0 Å². The summed E-state index contributed by atoms with van der Waals surface area (Å²) in [5.74, 6) is 2.21. The van der Waals surface area contributed by atoms with Gasteiger partial charge in [-0.3, -0.25) is 4.99 Å². The third-order valence-corrected chi connectivity index (χ3v) is 4.37. The van der Waals surface area contributed by atoms with Crippen LogP contribution in [0.3, 0.4) is 0 Å². The number of ether oxygens (including phenoxy) is 1. The van der Waals surface area contributed by atoms with E-state index in [9.17, 15) is 0 Å². The fraction of sp³-hybridized carbons (Fsp3) is 0.632. The minimum Gasteiger partial charge on any atom is -0.379 e. The second-order valence-corrected chi connectivity index (χ2v) is 6.68. The van der Waals surface area contributed by atoms with Crippen molar-refractivity contribution in [1.29, 1.82) is 0 Å². The SMILES string of the molecule is CN=C(NCC(C)c1cccc(C)c1)N(C)CCOCC1CC1.I. The molecule has 136 valence electrons. The highest BCUT2D eigenvalue weighted by Crippen LogP contribution is 2.28. The van der Waals surface area contributed by atoms with Crippen molar-refractivity contribution in [3.63, 3.8) is 0 Å². The highest BCUT2D eigenvalue weighted by Gasteiger charge is 2.21. The van der Waals surface area contributed by atoms with Crippen LogP contribution in [0.1, 0.15) is 36.8 Å². The highest BCUT2D eigenvalue weighted by molar-refractivity contribution is 14.0. The Morgan fingerprint density at radius 3 is 2.79 bits per heavy atom. The summed E-state index contributed by atoms with van der Waals surface area (Å²) in [6.07, 6.45) is 2.69. The van der Waals surface area contributed by atoms with Crippen LogP contribution in [0.25, 0.3) is 0 Å². The molecule has 0 heterocycles. The molecule has 0 spiro atoms. The Balaban J connectivity index is 0.00000288. The number of guanidine groups is 1. The zero-order chi connectivity index (χ0) is 16.7. The normalized spacial score (nSPS) is 15.6. The number of benzene rings is 1. The van der Waals surface area contributed by atoms with E-state index < -0.39 is 0 Å². The van der Waals surface area contributed by atoms with Gasteiger partial charge in [-0.15, -0.1) is 24.0 Å². The molecule has 1 N–H and O–H groups in total. The van der Waals surface area contributed by atoms with Gasteiger partial charge in [0, 0.05) is 33.8 Å². The number of aliphatic imine (C=N–C) groups is 1. The lowest BCUT2D eigenvalue weighted by Crippen LogP contribution is -2.41. The largest absolute Gasteiger partial charge is 0.379 e. The molecule has 0 radical (unpaired) electrons. The average Bonchev–Trinajstić information content (AvgIpc) is 3.36. The molecule has 0 aromatic heterocycles. The van der Waals surface area contributed by atoms with E-state index in [1.54, 1.807) is 0 Å². The van der Waals surface area contributed by atoms with Crippen molar-refractivity contribution in [2.75, 3.05) is 40.4 Å². The predicted octanol–water partition coefficient (Wildman–Crippen LogP) is 3.65. The summed E-state index contributed by atoms with van der Waals surface area (Å²) in [6.45, 7) is 7.81. The van der Waals surface area contributed by atoms with Crippen molar-refractivity contribution < 1.29 is 4.74 Å². The third-order valence-electron chi connectivity index (χ3n) is 4.37. The van der Waals surface area contributed by atoms with Crippen molar-refractivity contribution in [3.8, 4) is 0 Å². The zero-order valence-electron chi connectivity index (χ0n) is 15.4. The Morgan fingerprint density at radius 1 is 1.42 bits per heavy atom. The smallest absolute Gasteiger partial charge is 0.193 e. The van der Waals surface area contributed by atoms with Crippen molar-refractivity contribution in [1.82, 2.24) is 10.2 Å². The number of halogens is 1. The van der Waals surface area contributed by atoms with Crippen LogP contribution in [0.5, 0.6) is 0 Å². The van der Waals surface area contributed by atoms with Gasteiger partial charge in [0.1, 0.15) is 0 Å². The molecule has 1 aromatic rings. The lowest BCUT2D eigenvalue weighted by Gasteiger charge is -2.23. The Bertz CT molecular complexity index is 517. The molecule has 1 aliphatic carbocycles. The molecule has 2 rings (SSSR count). The van der Waals surface area contributed by atoms with E-state index in [0.717, 1.165) is 38.2 Å². The van der Waals surface area contributed by atoms with E-state index in [0.29, 0.717) is 5.92 Å². The van der Waals surface area contributed by atoms with Crippen LogP contribution in [0.4, 0.5) is 0 Å². The first-order chi connectivity index (χ1) is 11.1. The van der Waals surface area contributed by atoms with Gasteiger partial charge in [0.25, 0.3) is 0 Å². The van der Waals surface area contributed by atoms with Gasteiger partial charge >= 0.3 is 0 Å². The lowest BCUT2D eigenvalue weighted by molar-refractivity contribution is 0.115. The Morgan fingerprint density at radius 2 is 2.17 bits per heavy atom. The van der Waals surface area contributed by atoms with Crippen LogP contribution in [-0.2, 0) is 4.74 Å². The maximum absolute atomic E-state index is 5.71. The topological polar surface area (TPSA) is 36.9 Å². The predicted molar refractivity (Wildman–Crippen MR) is 113 cm³/mol. The Hall–Kier alpha value is -0.820. The number of hydrogen-bond donors (Lipinski definition) is 1. The summed E-state index contributed by atoms with van der Waals surface area (Å²) in [4.78, 5) is 6.51. The molecule has 0 amide bonds. The standard InChI is InChI=1S/C19H31N3O.HI/c1-15-6-5-7-18(12-15)16(2)13-21-19(20-3)22(4)10-11-23-14-17-8-9-17;/h5-7,12,16-17H,8-11,13-14H2,1-4H3,(H,20,21);1H. The number of rotatable bonds is 8. The fourth-order valence-electron chi connectivity index (χ4n) is 2.57. The molecule has 1 saturated carbocycles. The summed E-state index contributed by atoms with van der Waals surface area (Å²) in [7, 11) is 3.90. The van der Waals surface area contributed by atoms with E-state index in [1.807, 2.05) is 7.05 Å². The van der Waals surface area contributed by atoms with Gasteiger partial charge in [-0.2, -0.15) is 0 Å².